The van der Waals surface area contributed by atoms with Gasteiger partial charge in [0.1, 0.15) is 5.82 Å². The quantitative estimate of drug-likeness (QED) is 0.451. The average Bonchev–Trinajstić information content (AvgIpc) is 2.22. The lowest BCUT2D eigenvalue weighted by Crippen LogP contribution is -1.99. The van der Waals surface area contributed by atoms with Crippen LogP contribution < -0.4 is 0 Å². The fraction of sp³-hybridized carbons (Fsp3) is 0.364. The van der Waals surface area contributed by atoms with E-state index in [1.165, 1.54) is 18.2 Å². The van der Waals surface area contributed by atoms with Crippen molar-refractivity contribution in [2.45, 2.75) is 19.3 Å². The number of Topliss-reactive ketones (excluding diaryl/α,β-unsaturated/α-hetero) is 1. The van der Waals surface area contributed by atoms with E-state index in [1.54, 1.807) is 0 Å². The highest BCUT2D eigenvalue weighted by Gasteiger charge is 2.08. The van der Waals surface area contributed by atoms with Gasteiger partial charge in [0.25, 0.3) is 0 Å². The van der Waals surface area contributed by atoms with Gasteiger partial charge in [0.2, 0.25) is 0 Å². The van der Waals surface area contributed by atoms with Gasteiger partial charge in [-0.15, -0.1) is 0 Å². The number of unbranched alkanes of at least 4 members (excludes halogenated alkanes) is 1. The number of alkyl halides is 1. The molecule has 0 aliphatic carbocycles. The normalized spacial score (nSPS) is 10.3. The zero-order valence-electron chi connectivity index (χ0n) is 8.10. The number of benzene rings is 1. The van der Waals surface area contributed by atoms with E-state index in [0.29, 0.717) is 12.0 Å². The summed E-state index contributed by atoms with van der Waals surface area (Å²) < 4.78 is 12.8. The Hall–Kier alpha value is -0.410. The van der Waals surface area contributed by atoms with Crippen molar-refractivity contribution in [3.63, 3.8) is 0 Å². The van der Waals surface area contributed by atoms with Gasteiger partial charge >= 0.3 is 0 Å². The number of halogens is 3. The van der Waals surface area contributed by atoms with E-state index >= 15 is 0 Å². The molecule has 0 unspecified atom stereocenters. The van der Waals surface area contributed by atoms with Crippen molar-refractivity contribution in [3.05, 3.63) is 34.6 Å². The lowest BCUT2D eigenvalue weighted by atomic mass is 10.1. The molecule has 1 nitrogen and oxygen atoms in total. The fourth-order valence-corrected chi connectivity index (χ4v) is 1.77. The minimum atomic E-state index is -0.492. The Balaban J connectivity index is 2.62. The molecule has 1 aromatic rings. The molecule has 0 aromatic heterocycles. The second-order valence-corrected chi connectivity index (χ2v) is 4.40. The third kappa shape index (κ3) is 3.92. The SMILES string of the molecule is O=C(CCCCBr)c1ccc(F)c(Cl)c1. The molecule has 0 bridgehead atoms. The van der Waals surface area contributed by atoms with E-state index in [2.05, 4.69) is 15.9 Å². The molecule has 82 valence electrons. The Kier molecular flexibility index (Phi) is 5.26. The van der Waals surface area contributed by atoms with Gasteiger partial charge in [-0.3, -0.25) is 4.79 Å². The van der Waals surface area contributed by atoms with Crippen LogP contribution >= 0.6 is 27.5 Å². The monoisotopic (exact) mass is 292 g/mol. The first-order chi connectivity index (χ1) is 7.15. The molecule has 0 N–H and O–H groups in total. The van der Waals surface area contributed by atoms with Crippen molar-refractivity contribution in [2.75, 3.05) is 5.33 Å². The van der Waals surface area contributed by atoms with Gasteiger partial charge in [-0.1, -0.05) is 27.5 Å². The van der Waals surface area contributed by atoms with E-state index in [-0.39, 0.29) is 10.8 Å². The summed E-state index contributed by atoms with van der Waals surface area (Å²) in [5, 5.41) is 0.895. The summed E-state index contributed by atoms with van der Waals surface area (Å²) >= 11 is 8.88. The highest BCUT2D eigenvalue weighted by Crippen LogP contribution is 2.17. The first-order valence-corrected chi connectivity index (χ1v) is 6.19. The van der Waals surface area contributed by atoms with Crippen LogP contribution in [-0.4, -0.2) is 11.1 Å². The van der Waals surface area contributed by atoms with Gasteiger partial charge < -0.3 is 0 Å². The smallest absolute Gasteiger partial charge is 0.162 e. The predicted molar refractivity (Wildman–Crippen MR) is 63.4 cm³/mol. The molecule has 0 saturated carbocycles. The molecule has 0 saturated heterocycles. The number of carbonyl (C=O) groups excluding carboxylic acids is 1. The largest absolute Gasteiger partial charge is 0.294 e. The van der Waals surface area contributed by atoms with Crippen molar-refractivity contribution in [3.8, 4) is 0 Å². The second-order valence-electron chi connectivity index (χ2n) is 3.20. The summed E-state index contributed by atoms with van der Waals surface area (Å²) in [6.45, 7) is 0. The molecule has 4 heteroatoms. The van der Waals surface area contributed by atoms with E-state index in [0.717, 1.165) is 18.2 Å². The molecular weight excluding hydrogens is 282 g/mol. The Morgan fingerprint density at radius 1 is 1.40 bits per heavy atom. The number of hydrogen-bond acceptors (Lipinski definition) is 1. The van der Waals surface area contributed by atoms with Crippen LogP contribution in [0.5, 0.6) is 0 Å². The van der Waals surface area contributed by atoms with Crippen molar-refractivity contribution >= 4 is 33.3 Å². The molecule has 0 spiro atoms. The van der Waals surface area contributed by atoms with Crippen LogP contribution in [0.25, 0.3) is 0 Å². The van der Waals surface area contributed by atoms with Crippen molar-refractivity contribution in [2.24, 2.45) is 0 Å². The number of ketones is 1. The van der Waals surface area contributed by atoms with Gasteiger partial charge in [-0.25, -0.2) is 4.39 Å². The van der Waals surface area contributed by atoms with Crippen LogP contribution in [0.4, 0.5) is 4.39 Å². The molecule has 0 radical (unpaired) electrons. The van der Waals surface area contributed by atoms with Gasteiger partial charge in [-0.05, 0) is 31.0 Å². The van der Waals surface area contributed by atoms with Crippen LogP contribution in [0, 0.1) is 5.82 Å². The molecule has 0 aliphatic rings. The lowest BCUT2D eigenvalue weighted by Gasteiger charge is -2.01. The van der Waals surface area contributed by atoms with E-state index in [4.69, 9.17) is 11.6 Å². The summed E-state index contributed by atoms with van der Waals surface area (Å²) in [5.41, 5.74) is 0.482. The maximum absolute atomic E-state index is 12.8. The van der Waals surface area contributed by atoms with Crippen LogP contribution in [0.3, 0.4) is 0 Å². The summed E-state index contributed by atoms with van der Waals surface area (Å²) in [4.78, 5) is 11.6. The Morgan fingerprint density at radius 3 is 2.73 bits per heavy atom. The molecule has 1 rings (SSSR count). The van der Waals surface area contributed by atoms with Gasteiger partial charge in [0.15, 0.2) is 5.78 Å². The molecule has 0 atom stereocenters. The Bertz CT molecular complexity index is 354. The van der Waals surface area contributed by atoms with Gasteiger partial charge in [-0.2, -0.15) is 0 Å². The van der Waals surface area contributed by atoms with Crippen LogP contribution in [-0.2, 0) is 0 Å². The second kappa shape index (κ2) is 6.23. The van der Waals surface area contributed by atoms with Gasteiger partial charge in [0, 0.05) is 17.3 Å². The molecular formula is C11H11BrClFO. The Morgan fingerprint density at radius 2 is 2.13 bits per heavy atom. The van der Waals surface area contributed by atoms with E-state index in [9.17, 15) is 9.18 Å². The highest BCUT2D eigenvalue weighted by atomic mass is 79.9. The fourth-order valence-electron chi connectivity index (χ4n) is 1.19. The third-order valence-corrected chi connectivity index (χ3v) is 2.88. The molecule has 1 aromatic carbocycles. The summed E-state index contributed by atoms with van der Waals surface area (Å²) in [6, 6.07) is 4.07. The first kappa shape index (κ1) is 12.7. The predicted octanol–water partition coefficient (Wildman–Crippen LogP) is 4.23. The van der Waals surface area contributed by atoms with Crippen LogP contribution in [0.15, 0.2) is 18.2 Å². The third-order valence-electron chi connectivity index (χ3n) is 2.03. The van der Waals surface area contributed by atoms with Crippen molar-refractivity contribution in [1.29, 1.82) is 0 Å². The summed E-state index contributed by atoms with van der Waals surface area (Å²) in [5.74, 6) is -0.480. The Labute approximate surface area is 102 Å². The highest BCUT2D eigenvalue weighted by molar-refractivity contribution is 9.09. The minimum absolute atomic E-state index is 0.00124. The summed E-state index contributed by atoms with van der Waals surface area (Å²) in [7, 11) is 0. The zero-order chi connectivity index (χ0) is 11.3. The maximum Gasteiger partial charge on any atom is 0.162 e. The summed E-state index contributed by atoms with van der Waals surface area (Å²) in [6.07, 6.45) is 2.27. The topological polar surface area (TPSA) is 17.1 Å². The van der Waals surface area contributed by atoms with Crippen LogP contribution in [0.2, 0.25) is 5.02 Å². The first-order valence-electron chi connectivity index (χ1n) is 4.69. The standard InChI is InChI=1S/C11H11BrClFO/c12-6-2-1-3-11(15)8-4-5-10(14)9(13)7-8/h4-5,7H,1-3,6H2. The van der Waals surface area contributed by atoms with Crippen LogP contribution in [0.1, 0.15) is 29.6 Å². The molecule has 0 fully saturated rings. The van der Waals surface area contributed by atoms with Crippen molar-refractivity contribution in [1.82, 2.24) is 0 Å². The van der Waals surface area contributed by atoms with E-state index in [1.807, 2.05) is 0 Å². The minimum Gasteiger partial charge on any atom is -0.294 e. The number of carbonyl (C=O) groups is 1. The molecule has 0 aliphatic heterocycles. The molecule has 0 amide bonds. The average molecular weight is 294 g/mol. The zero-order valence-corrected chi connectivity index (χ0v) is 10.4. The van der Waals surface area contributed by atoms with Gasteiger partial charge in [0.05, 0.1) is 5.02 Å². The van der Waals surface area contributed by atoms with E-state index < -0.39 is 5.82 Å². The number of rotatable bonds is 5. The number of hydrogen-bond donors (Lipinski definition) is 0. The maximum atomic E-state index is 12.8. The lowest BCUT2D eigenvalue weighted by molar-refractivity contribution is 0.0980. The van der Waals surface area contributed by atoms with Crippen molar-refractivity contribution < 1.29 is 9.18 Å². The molecule has 15 heavy (non-hydrogen) atoms. The molecule has 0 heterocycles.